The number of aliphatic hydroxyl groups excluding tert-OH is 1. The molecule has 1 aliphatic rings. The van der Waals surface area contributed by atoms with Crippen LogP contribution in [-0.4, -0.2) is 40.1 Å². The van der Waals surface area contributed by atoms with Gasteiger partial charge in [0.1, 0.15) is 5.41 Å². The number of benzene rings is 1. The predicted octanol–water partition coefficient (Wildman–Crippen LogP) is 1.26. The summed E-state index contributed by atoms with van der Waals surface area (Å²) in [5.74, 6) is -1.43. The number of aliphatic carboxylic acids is 1. The maximum atomic E-state index is 12.5. The van der Waals surface area contributed by atoms with Crippen molar-refractivity contribution >= 4 is 11.9 Å². The van der Waals surface area contributed by atoms with Crippen LogP contribution in [0.2, 0.25) is 0 Å². The predicted molar refractivity (Wildman–Crippen MR) is 72.9 cm³/mol. The summed E-state index contributed by atoms with van der Waals surface area (Å²) in [5, 5.41) is 18.4. The van der Waals surface area contributed by atoms with Gasteiger partial charge in [0, 0.05) is 13.1 Å². The van der Waals surface area contributed by atoms with Gasteiger partial charge in [-0.2, -0.15) is 0 Å². The summed E-state index contributed by atoms with van der Waals surface area (Å²) in [4.78, 5) is 25.4. The van der Waals surface area contributed by atoms with Crippen molar-refractivity contribution in [2.45, 2.75) is 25.8 Å². The third kappa shape index (κ3) is 2.67. The van der Waals surface area contributed by atoms with E-state index in [1.807, 2.05) is 30.3 Å². The van der Waals surface area contributed by atoms with Crippen LogP contribution in [0.1, 0.15) is 24.8 Å². The molecule has 0 spiro atoms. The second-order valence-corrected chi connectivity index (χ2v) is 5.18. The van der Waals surface area contributed by atoms with Crippen LogP contribution >= 0.6 is 0 Å². The Morgan fingerprint density at radius 2 is 1.85 bits per heavy atom. The van der Waals surface area contributed by atoms with Gasteiger partial charge in [0.2, 0.25) is 5.91 Å². The summed E-state index contributed by atoms with van der Waals surface area (Å²) >= 11 is 0. The fraction of sp³-hybridized carbons (Fsp3) is 0.467. The first kappa shape index (κ1) is 14.5. The van der Waals surface area contributed by atoms with E-state index < -0.39 is 11.4 Å². The maximum Gasteiger partial charge on any atom is 0.319 e. The molecule has 0 aliphatic heterocycles. The number of nitrogens with zero attached hydrogens (tertiary/aromatic N) is 1. The van der Waals surface area contributed by atoms with E-state index in [9.17, 15) is 14.7 Å². The highest BCUT2D eigenvalue weighted by Gasteiger charge is 2.52. The van der Waals surface area contributed by atoms with E-state index in [4.69, 9.17) is 5.11 Å². The largest absolute Gasteiger partial charge is 0.480 e. The molecule has 1 aromatic carbocycles. The molecule has 0 saturated heterocycles. The number of carboxylic acid groups (broad SMARTS) is 1. The second kappa shape index (κ2) is 6.05. The van der Waals surface area contributed by atoms with Crippen molar-refractivity contribution in [1.82, 2.24) is 4.90 Å². The molecule has 2 N–H and O–H groups in total. The molecule has 20 heavy (non-hydrogen) atoms. The summed E-state index contributed by atoms with van der Waals surface area (Å²) in [6, 6.07) is 9.38. The Morgan fingerprint density at radius 1 is 1.20 bits per heavy atom. The van der Waals surface area contributed by atoms with Crippen LogP contribution in [0.3, 0.4) is 0 Å². The molecule has 0 bridgehead atoms. The van der Waals surface area contributed by atoms with Gasteiger partial charge in [0.15, 0.2) is 0 Å². The van der Waals surface area contributed by atoms with E-state index in [-0.39, 0.29) is 19.1 Å². The summed E-state index contributed by atoms with van der Waals surface area (Å²) in [5.41, 5.74) is -0.349. The maximum absolute atomic E-state index is 12.5. The van der Waals surface area contributed by atoms with Crippen molar-refractivity contribution in [3.8, 4) is 0 Å². The van der Waals surface area contributed by atoms with E-state index in [1.165, 1.54) is 4.90 Å². The first-order valence-electron chi connectivity index (χ1n) is 6.78. The van der Waals surface area contributed by atoms with Gasteiger partial charge >= 0.3 is 5.97 Å². The van der Waals surface area contributed by atoms with E-state index in [1.54, 1.807) is 0 Å². The number of aliphatic hydroxyl groups is 1. The molecule has 5 heteroatoms. The normalized spacial score (nSPS) is 16.2. The fourth-order valence-electron chi connectivity index (χ4n) is 2.53. The van der Waals surface area contributed by atoms with Crippen LogP contribution in [0.5, 0.6) is 0 Å². The molecule has 1 amide bonds. The van der Waals surface area contributed by atoms with E-state index in [2.05, 4.69) is 0 Å². The van der Waals surface area contributed by atoms with Gasteiger partial charge in [-0.05, 0) is 18.4 Å². The van der Waals surface area contributed by atoms with Crippen LogP contribution in [0.25, 0.3) is 0 Å². The molecule has 0 radical (unpaired) electrons. The van der Waals surface area contributed by atoms with Crippen LogP contribution in [0.15, 0.2) is 30.3 Å². The van der Waals surface area contributed by atoms with Crippen molar-refractivity contribution in [2.75, 3.05) is 13.2 Å². The molecular formula is C15H19NO4. The minimum absolute atomic E-state index is 0.156. The van der Waals surface area contributed by atoms with Crippen molar-refractivity contribution in [2.24, 2.45) is 5.41 Å². The Hall–Kier alpha value is -1.88. The van der Waals surface area contributed by atoms with Gasteiger partial charge < -0.3 is 15.1 Å². The van der Waals surface area contributed by atoms with Crippen LogP contribution < -0.4 is 0 Å². The van der Waals surface area contributed by atoms with Gasteiger partial charge in [-0.1, -0.05) is 36.8 Å². The number of rotatable bonds is 6. The smallest absolute Gasteiger partial charge is 0.319 e. The lowest BCUT2D eigenvalue weighted by Crippen LogP contribution is -2.52. The Morgan fingerprint density at radius 3 is 2.30 bits per heavy atom. The summed E-state index contributed by atoms with van der Waals surface area (Å²) in [6.07, 6.45) is 1.53. The zero-order chi connectivity index (χ0) is 14.6. The molecule has 0 heterocycles. The summed E-state index contributed by atoms with van der Waals surface area (Å²) in [6.45, 7) is 0.312. The fourth-order valence-corrected chi connectivity index (χ4v) is 2.53. The van der Waals surface area contributed by atoms with Crippen molar-refractivity contribution < 1.29 is 19.8 Å². The quantitative estimate of drug-likeness (QED) is 0.767. The van der Waals surface area contributed by atoms with Crippen LogP contribution in [0, 0.1) is 5.41 Å². The van der Waals surface area contributed by atoms with Crippen LogP contribution in [0.4, 0.5) is 0 Å². The topological polar surface area (TPSA) is 77.8 Å². The van der Waals surface area contributed by atoms with Gasteiger partial charge in [0.05, 0.1) is 6.61 Å². The standard InChI is InChI=1S/C15H19NO4/c17-10-9-16(11-12-5-2-1-3-6-12)13(18)15(14(19)20)7-4-8-15/h1-3,5-6,17H,4,7-11H2,(H,19,20). The number of hydrogen-bond acceptors (Lipinski definition) is 3. The molecule has 2 rings (SSSR count). The van der Waals surface area contributed by atoms with Gasteiger partial charge in [-0.3, -0.25) is 9.59 Å². The molecule has 5 nitrogen and oxygen atoms in total. The zero-order valence-electron chi connectivity index (χ0n) is 11.3. The summed E-state index contributed by atoms with van der Waals surface area (Å²) < 4.78 is 0. The minimum atomic E-state index is -1.27. The summed E-state index contributed by atoms with van der Waals surface area (Å²) in [7, 11) is 0. The molecule has 0 unspecified atom stereocenters. The molecule has 1 saturated carbocycles. The lowest BCUT2D eigenvalue weighted by molar-refractivity contribution is -0.168. The Kier molecular flexibility index (Phi) is 4.39. The highest BCUT2D eigenvalue weighted by molar-refractivity contribution is 6.02. The SMILES string of the molecule is O=C(O)C1(C(=O)N(CCO)Cc2ccccc2)CCC1. The number of carbonyl (C=O) groups excluding carboxylic acids is 1. The highest BCUT2D eigenvalue weighted by atomic mass is 16.4. The molecule has 0 aromatic heterocycles. The lowest BCUT2D eigenvalue weighted by Gasteiger charge is -2.39. The van der Waals surface area contributed by atoms with E-state index in [0.717, 1.165) is 12.0 Å². The van der Waals surface area contributed by atoms with E-state index >= 15 is 0 Å². The van der Waals surface area contributed by atoms with E-state index in [0.29, 0.717) is 19.4 Å². The Balaban J connectivity index is 2.16. The monoisotopic (exact) mass is 277 g/mol. The first-order chi connectivity index (χ1) is 9.60. The number of amides is 1. The van der Waals surface area contributed by atoms with Crippen molar-refractivity contribution in [3.63, 3.8) is 0 Å². The van der Waals surface area contributed by atoms with Crippen molar-refractivity contribution in [3.05, 3.63) is 35.9 Å². The third-order valence-electron chi connectivity index (χ3n) is 3.90. The average molecular weight is 277 g/mol. The molecule has 1 fully saturated rings. The number of hydrogen-bond donors (Lipinski definition) is 2. The minimum Gasteiger partial charge on any atom is -0.480 e. The molecule has 1 aromatic rings. The molecule has 108 valence electrons. The van der Waals surface area contributed by atoms with Gasteiger partial charge in [-0.25, -0.2) is 0 Å². The first-order valence-corrected chi connectivity index (χ1v) is 6.78. The Bertz CT molecular complexity index is 482. The molecule has 1 aliphatic carbocycles. The lowest BCUT2D eigenvalue weighted by atomic mass is 9.67. The average Bonchev–Trinajstić information content (AvgIpc) is 2.37. The Labute approximate surface area is 117 Å². The molecular weight excluding hydrogens is 258 g/mol. The number of carbonyl (C=O) groups is 2. The highest BCUT2D eigenvalue weighted by Crippen LogP contribution is 2.43. The van der Waals surface area contributed by atoms with Crippen molar-refractivity contribution in [1.29, 1.82) is 0 Å². The van der Waals surface area contributed by atoms with Gasteiger partial charge in [-0.15, -0.1) is 0 Å². The third-order valence-corrected chi connectivity index (χ3v) is 3.90. The zero-order valence-corrected chi connectivity index (χ0v) is 11.3. The van der Waals surface area contributed by atoms with Gasteiger partial charge in [0.25, 0.3) is 0 Å². The van der Waals surface area contributed by atoms with Crippen LogP contribution in [-0.2, 0) is 16.1 Å². The number of carboxylic acids is 1. The molecule has 0 atom stereocenters. The second-order valence-electron chi connectivity index (χ2n) is 5.18.